The molecule has 0 unspecified atom stereocenters. The number of hydrogen-bond donors (Lipinski definition) is 0. The summed E-state index contributed by atoms with van der Waals surface area (Å²) in [5.74, 6) is -0.112. The molecule has 0 saturated carbocycles. The Labute approximate surface area is 179 Å². The summed E-state index contributed by atoms with van der Waals surface area (Å²) < 4.78 is 3.07. The van der Waals surface area contributed by atoms with Gasteiger partial charge in [-0.05, 0) is 61.7 Å². The molecule has 0 aliphatic rings. The number of fused-ring (bicyclic) bond motifs is 1. The van der Waals surface area contributed by atoms with E-state index in [0.717, 1.165) is 28.7 Å². The van der Waals surface area contributed by atoms with Crippen molar-refractivity contribution in [1.82, 2.24) is 14.5 Å². The summed E-state index contributed by atoms with van der Waals surface area (Å²) in [5, 5.41) is 9.72. The van der Waals surface area contributed by atoms with Gasteiger partial charge in [0.15, 0.2) is 5.13 Å². The van der Waals surface area contributed by atoms with Crippen LogP contribution in [-0.4, -0.2) is 27.0 Å². The number of hydrogen-bond acceptors (Lipinski definition) is 5. The van der Waals surface area contributed by atoms with E-state index >= 15 is 0 Å². The average Bonchev–Trinajstić information content (AvgIpc) is 3.41. The zero-order valence-corrected chi connectivity index (χ0v) is 17.7. The quantitative estimate of drug-likeness (QED) is 0.457. The van der Waals surface area contributed by atoms with E-state index in [1.165, 1.54) is 16.9 Å². The lowest BCUT2D eigenvalue weighted by Crippen LogP contribution is -2.32. The molecule has 4 aromatic rings. The first kappa shape index (κ1) is 19.8. The third-order valence-electron chi connectivity index (χ3n) is 4.91. The van der Waals surface area contributed by atoms with Crippen LogP contribution in [-0.2, 0) is 6.54 Å². The van der Waals surface area contributed by atoms with E-state index in [1.807, 2.05) is 17.7 Å². The van der Waals surface area contributed by atoms with E-state index in [-0.39, 0.29) is 5.91 Å². The maximum absolute atomic E-state index is 13.4. The summed E-state index contributed by atoms with van der Waals surface area (Å²) >= 11 is 1.53. The number of benzene rings is 2. The fourth-order valence-electron chi connectivity index (χ4n) is 3.43. The van der Waals surface area contributed by atoms with Crippen LogP contribution < -0.4 is 4.90 Å². The van der Waals surface area contributed by atoms with Gasteiger partial charge in [0.2, 0.25) is 0 Å². The molecule has 0 N–H and O–H groups in total. The predicted octanol–water partition coefficient (Wildman–Crippen LogP) is 4.72. The molecule has 0 radical (unpaired) electrons. The maximum atomic E-state index is 13.4. The van der Waals surface area contributed by atoms with Crippen LogP contribution >= 0.6 is 11.3 Å². The van der Waals surface area contributed by atoms with Crippen molar-refractivity contribution in [3.8, 4) is 6.07 Å². The van der Waals surface area contributed by atoms with Gasteiger partial charge in [0.25, 0.3) is 5.91 Å². The van der Waals surface area contributed by atoms with Crippen molar-refractivity contribution in [3.63, 3.8) is 0 Å². The molecule has 7 heteroatoms. The zero-order chi connectivity index (χ0) is 21.1. The van der Waals surface area contributed by atoms with E-state index in [2.05, 4.69) is 30.1 Å². The molecular weight excluding hydrogens is 394 g/mol. The smallest absolute Gasteiger partial charge is 0.260 e. The molecule has 2 aromatic heterocycles. The number of carbonyl (C=O) groups is 1. The molecule has 0 atom stereocenters. The minimum atomic E-state index is -0.112. The number of carbonyl (C=O) groups excluding carboxylic acids is 1. The largest absolute Gasteiger partial charge is 0.337 e. The second-order valence-electron chi connectivity index (χ2n) is 7.23. The fourth-order valence-corrected chi connectivity index (χ4v) is 4.60. The molecule has 0 aliphatic carbocycles. The molecule has 150 valence electrons. The molecule has 0 aliphatic heterocycles. The molecule has 6 nitrogen and oxygen atoms in total. The third kappa shape index (κ3) is 4.09. The van der Waals surface area contributed by atoms with Gasteiger partial charge >= 0.3 is 0 Å². The van der Waals surface area contributed by atoms with E-state index in [0.29, 0.717) is 22.8 Å². The van der Waals surface area contributed by atoms with Crippen molar-refractivity contribution >= 4 is 32.6 Å². The average molecular weight is 416 g/mol. The van der Waals surface area contributed by atoms with Crippen LogP contribution in [0.5, 0.6) is 0 Å². The van der Waals surface area contributed by atoms with Gasteiger partial charge in [0.05, 0.1) is 28.2 Å². The van der Waals surface area contributed by atoms with Crippen LogP contribution in [0.25, 0.3) is 10.2 Å². The van der Waals surface area contributed by atoms with E-state index < -0.39 is 0 Å². The number of aryl methyl sites for hydroxylation is 3. The first-order chi connectivity index (χ1) is 14.5. The maximum Gasteiger partial charge on any atom is 0.260 e. The summed E-state index contributed by atoms with van der Waals surface area (Å²) in [7, 11) is 0. The Kier molecular flexibility index (Phi) is 5.59. The number of imidazole rings is 1. The molecular formula is C23H21N5OS. The fraction of sp³-hybridized carbons (Fsp3) is 0.217. The Balaban J connectivity index is 1.66. The minimum Gasteiger partial charge on any atom is -0.337 e. The van der Waals surface area contributed by atoms with Crippen LogP contribution in [0.1, 0.15) is 33.5 Å². The highest BCUT2D eigenvalue weighted by atomic mass is 32.1. The number of anilines is 1. The molecule has 2 heterocycles. The lowest BCUT2D eigenvalue weighted by atomic mass is 10.1. The first-order valence-electron chi connectivity index (χ1n) is 9.71. The first-order valence-corrected chi connectivity index (χ1v) is 10.5. The van der Waals surface area contributed by atoms with Crippen molar-refractivity contribution in [2.75, 3.05) is 11.4 Å². The number of nitrogens with zero attached hydrogens (tertiary/aromatic N) is 5. The van der Waals surface area contributed by atoms with Gasteiger partial charge in [-0.1, -0.05) is 17.4 Å². The highest BCUT2D eigenvalue weighted by Crippen LogP contribution is 2.32. The van der Waals surface area contributed by atoms with E-state index in [4.69, 9.17) is 10.2 Å². The highest BCUT2D eigenvalue weighted by molar-refractivity contribution is 7.22. The van der Waals surface area contributed by atoms with Gasteiger partial charge < -0.3 is 4.57 Å². The van der Waals surface area contributed by atoms with Crippen molar-refractivity contribution in [1.29, 1.82) is 5.26 Å². The van der Waals surface area contributed by atoms with Gasteiger partial charge in [-0.2, -0.15) is 5.26 Å². The molecule has 0 spiro atoms. The van der Waals surface area contributed by atoms with Crippen molar-refractivity contribution in [2.45, 2.75) is 26.8 Å². The molecule has 30 heavy (non-hydrogen) atoms. The van der Waals surface area contributed by atoms with Crippen molar-refractivity contribution in [2.24, 2.45) is 0 Å². The topological polar surface area (TPSA) is 74.8 Å². The standard InChI is InChI=1S/C23H21N5OS/c1-16-12-17(2)21-20(13-16)30-23(26-21)28(10-3-9-27-11-8-25-15-27)22(29)19-6-4-18(14-24)5-7-19/h4-8,11-13,15H,3,9-10H2,1-2H3. The normalized spacial score (nSPS) is 10.8. The number of rotatable bonds is 6. The van der Waals surface area contributed by atoms with Crippen LogP contribution in [0.15, 0.2) is 55.1 Å². The molecule has 0 fully saturated rings. The van der Waals surface area contributed by atoms with Crippen LogP contribution in [0.2, 0.25) is 0 Å². The number of amides is 1. The second kappa shape index (κ2) is 8.47. The Morgan fingerprint density at radius 1 is 1.23 bits per heavy atom. The monoisotopic (exact) mass is 415 g/mol. The second-order valence-corrected chi connectivity index (χ2v) is 8.23. The SMILES string of the molecule is Cc1cc(C)c2nc(N(CCCn3ccnc3)C(=O)c3ccc(C#N)cc3)sc2c1. The van der Waals surface area contributed by atoms with E-state index in [9.17, 15) is 4.79 Å². The van der Waals surface area contributed by atoms with Gasteiger partial charge in [-0.25, -0.2) is 9.97 Å². The van der Waals surface area contributed by atoms with Gasteiger partial charge in [0.1, 0.15) is 0 Å². The summed E-state index contributed by atoms with van der Waals surface area (Å²) in [4.78, 5) is 24.0. The molecule has 0 bridgehead atoms. The Morgan fingerprint density at radius 2 is 2.03 bits per heavy atom. The number of thiazole rings is 1. The van der Waals surface area contributed by atoms with Crippen LogP contribution in [0.4, 0.5) is 5.13 Å². The van der Waals surface area contributed by atoms with Crippen molar-refractivity contribution in [3.05, 3.63) is 77.4 Å². The summed E-state index contributed by atoms with van der Waals surface area (Å²) in [5.41, 5.74) is 4.30. The summed E-state index contributed by atoms with van der Waals surface area (Å²) in [6, 6.07) is 13.0. The Bertz CT molecular complexity index is 1220. The molecule has 1 amide bonds. The van der Waals surface area contributed by atoms with Crippen molar-refractivity contribution < 1.29 is 4.79 Å². The molecule has 0 saturated heterocycles. The van der Waals surface area contributed by atoms with Gasteiger partial charge in [0, 0.05) is 31.0 Å². The Morgan fingerprint density at radius 3 is 2.73 bits per heavy atom. The Hall–Kier alpha value is -3.50. The predicted molar refractivity (Wildman–Crippen MR) is 119 cm³/mol. The molecule has 4 rings (SSSR count). The van der Waals surface area contributed by atoms with Gasteiger partial charge in [-0.3, -0.25) is 9.69 Å². The lowest BCUT2D eigenvalue weighted by Gasteiger charge is -2.20. The molecule has 2 aromatic carbocycles. The van der Waals surface area contributed by atoms with Gasteiger partial charge in [-0.15, -0.1) is 0 Å². The zero-order valence-electron chi connectivity index (χ0n) is 16.9. The highest BCUT2D eigenvalue weighted by Gasteiger charge is 2.21. The number of aromatic nitrogens is 3. The summed E-state index contributed by atoms with van der Waals surface area (Å²) in [6.07, 6.45) is 6.21. The van der Waals surface area contributed by atoms with Crippen LogP contribution in [0, 0.1) is 25.2 Å². The summed E-state index contributed by atoms with van der Waals surface area (Å²) in [6.45, 7) is 5.41. The number of nitriles is 1. The van der Waals surface area contributed by atoms with Crippen LogP contribution in [0.3, 0.4) is 0 Å². The van der Waals surface area contributed by atoms with E-state index in [1.54, 1.807) is 41.7 Å². The lowest BCUT2D eigenvalue weighted by molar-refractivity contribution is 0.0986. The third-order valence-corrected chi connectivity index (χ3v) is 5.94. The minimum absolute atomic E-state index is 0.112.